The third-order valence-corrected chi connectivity index (χ3v) is 4.18. The van der Waals surface area contributed by atoms with Crippen LogP contribution in [0.3, 0.4) is 0 Å². The van der Waals surface area contributed by atoms with E-state index in [-0.39, 0.29) is 5.78 Å². The molecule has 1 saturated heterocycles. The molecule has 112 valence electrons. The molecule has 0 aliphatic carbocycles. The van der Waals surface area contributed by atoms with Crippen LogP contribution >= 0.6 is 11.6 Å². The molecule has 2 aromatic carbocycles. The molecular formula is C18H15ClO3. The van der Waals surface area contributed by atoms with Gasteiger partial charge in [0.05, 0.1) is 0 Å². The number of Topliss-reactive ketones (excluding diaryl/α,β-unsaturated/α-hetero) is 1. The van der Waals surface area contributed by atoms with Crippen LogP contribution in [0.2, 0.25) is 5.02 Å². The predicted molar refractivity (Wildman–Crippen MR) is 83.9 cm³/mol. The van der Waals surface area contributed by atoms with Crippen LogP contribution in [0.25, 0.3) is 0 Å². The Hall–Kier alpha value is -2.13. The fourth-order valence-electron chi connectivity index (χ4n) is 3.01. The van der Waals surface area contributed by atoms with Gasteiger partial charge >= 0.3 is 5.97 Å². The van der Waals surface area contributed by atoms with Crippen LogP contribution in [0.1, 0.15) is 34.3 Å². The third-order valence-electron chi connectivity index (χ3n) is 3.96. The molecule has 2 unspecified atom stereocenters. The Bertz CT molecular complexity index is 729. The number of carbonyl (C=O) groups excluding carboxylic acids is 2. The summed E-state index contributed by atoms with van der Waals surface area (Å²) in [5, 5.41) is 0.595. The van der Waals surface area contributed by atoms with E-state index in [0.717, 1.165) is 11.1 Å². The summed E-state index contributed by atoms with van der Waals surface area (Å²) in [6, 6.07) is 12.6. The molecule has 0 bridgehead atoms. The topological polar surface area (TPSA) is 43.4 Å². The van der Waals surface area contributed by atoms with E-state index in [4.69, 9.17) is 16.3 Å². The van der Waals surface area contributed by atoms with Crippen LogP contribution in [0.4, 0.5) is 0 Å². The van der Waals surface area contributed by atoms with Crippen molar-refractivity contribution in [1.82, 2.24) is 0 Å². The molecule has 3 nitrogen and oxygen atoms in total. The number of halogens is 1. The first-order valence-electron chi connectivity index (χ1n) is 7.05. The van der Waals surface area contributed by atoms with Crippen LogP contribution in [0, 0.1) is 13.8 Å². The molecule has 22 heavy (non-hydrogen) atoms. The van der Waals surface area contributed by atoms with E-state index < -0.39 is 18.0 Å². The van der Waals surface area contributed by atoms with E-state index in [1.165, 1.54) is 0 Å². The molecule has 2 atom stereocenters. The summed E-state index contributed by atoms with van der Waals surface area (Å²) in [6.07, 6.45) is -0.826. The lowest BCUT2D eigenvalue weighted by atomic mass is 9.86. The number of hydrogen-bond donors (Lipinski definition) is 0. The second kappa shape index (κ2) is 5.58. The van der Waals surface area contributed by atoms with Gasteiger partial charge < -0.3 is 4.74 Å². The first kappa shape index (κ1) is 14.8. The summed E-state index contributed by atoms with van der Waals surface area (Å²) in [7, 11) is 0. The summed E-state index contributed by atoms with van der Waals surface area (Å²) in [5.41, 5.74) is 3.06. The van der Waals surface area contributed by atoms with Gasteiger partial charge in [0.15, 0.2) is 11.9 Å². The molecule has 1 aliphatic heterocycles. The summed E-state index contributed by atoms with van der Waals surface area (Å²) >= 11 is 6.03. The maximum atomic E-state index is 12.7. The molecule has 3 rings (SSSR count). The number of benzene rings is 2. The smallest absolute Gasteiger partial charge is 0.322 e. The molecule has 0 saturated carbocycles. The molecule has 1 aliphatic rings. The zero-order valence-electron chi connectivity index (χ0n) is 12.3. The van der Waals surface area contributed by atoms with Crippen molar-refractivity contribution in [3.8, 4) is 0 Å². The number of rotatable bonds is 2. The Morgan fingerprint density at radius 1 is 1.00 bits per heavy atom. The van der Waals surface area contributed by atoms with Gasteiger partial charge in [-0.2, -0.15) is 0 Å². The summed E-state index contributed by atoms with van der Waals surface area (Å²) in [4.78, 5) is 25.0. The van der Waals surface area contributed by atoms with Crippen molar-refractivity contribution in [1.29, 1.82) is 0 Å². The van der Waals surface area contributed by atoms with Gasteiger partial charge in [-0.3, -0.25) is 9.59 Å². The lowest BCUT2D eigenvalue weighted by Gasteiger charge is -2.13. The van der Waals surface area contributed by atoms with Crippen molar-refractivity contribution < 1.29 is 14.3 Å². The molecule has 0 amide bonds. The van der Waals surface area contributed by atoms with Gasteiger partial charge in [0.25, 0.3) is 0 Å². The Balaban J connectivity index is 2.03. The maximum Gasteiger partial charge on any atom is 0.322 e. The second-order valence-electron chi connectivity index (χ2n) is 5.52. The molecule has 2 aromatic rings. The van der Waals surface area contributed by atoms with Crippen molar-refractivity contribution in [2.24, 2.45) is 0 Å². The van der Waals surface area contributed by atoms with Crippen molar-refractivity contribution in [3.63, 3.8) is 0 Å². The number of hydrogen-bond acceptors (Lipinski definition) is 3. The normalized spacial score (nSPS) is 21.0. The minimum absolute atomic E-state index is 0.218. The van der Waals surface area contributed by atoms with Gasteiger partial charge in [-0.1, -0.05) is 41.9 Å². The number of ketones is 1. The minimum atomic E-state index is -0.873. The van der Waals surface area contributed by atoms with Crippen molar-refractivity contribution in [2.45, 2.75) is 25.9 Å². The number of aryl methyl sites for hydroxylation is 2. The van der Waals surface area contributed by atoms with E-state index in [1.807, 2.05) is 32.0 Å². The van der Waals surface area contributed by atoms with E-state index >= 15 is 0 Å². The maximum absolute atomic E-state index is 12.7. The summed E-state index contributed by atoms with van der Waals surface area (Å²) in [6.45, 7) is 3.70. The average Bonchev–Trinajstić information content (AvgIpc) is 2.75. The Morgan fingerprint density at radius 3 is 2.18 bits per heavy atom. The van der Waals surface area contributed by atoms with Crippen LogP contribution in [-0.2, 0) is 14.3 Å². The molecule has 0 aromatic heterocycles. The van der Waals surface area contributed by atoms with Crippen molar-refractivity contribution >= 4 is 23.4 Å². The quantitative estimate of drug-likeness (QED) is 0.623. The van der Waals surface area contributed by atoms with Gasteiger partial charge in [0.1, 0.15) is 5.92 Å². The summed E-state index contributed by atoms with van der Waals surface area (Å²) in [5.74, 6) is -1.58. The predicted octanol–water partition coefficient (Wildman–Crippen LogP) is 3.91. The average molecular weight is 315 g/mol. The van der Waals surface area contributed by atoms with Crippen molar-refractivity contribution in [2.75, 3.05) is 0 Å². The van der Waals surface area contributed by atoms with Gasteiger partial charge in [0, 0.05) is 10.6 Å². The molecule has 0 N–H and O–H groups in total. The highest BCUT2D eigenvalue weighted by Gasteiger charge is 2.46. The van der Waals surface area contributed by atoms with Crippen LogP contribution < -0.4 is 0 Å². The molecule has 0 spiro atoms. The monoisotopic (exact) mass is 314 g/mol. The largest absolute Gasteiger partial charge is 0.449 e. The van der Waals surface area contributed by atoms with Gasteiger partial charge in [-0.25, -0.2) is 0 Å². The highest BCUT2D eigenvalue weighted by molar-refractivity contribution is 6.30. The van der Waals surface area contributed by atoms with Crippen molar-refractivity contribution in [3.05, 3.63) is 69.7 Å². The number of ether oxygens (including phenoxy) is 1. The van der Waals surface area contributed by atoms with Gasteiger partial charge in [-0.15, -0.1) is 0 Å². The zero-order valence-corrected chi connectivity index (χ0v) is 13.1. The molecule has 4 heteroatoms. The summed E-state index contributed by atoms with van der Waals surface area (Å²) < 4.78 is 5.35. The zero-order chi connectivity index (χ0) is 15.9. The minimum Gasteiger partial charge on any atom is -0.449 e. The molecule has 1 fully saturated rings. The fraction of sp³-hybridized carbons (Fsp3) is 0.222. The Morgan fingerprint density at radius 2 is 1.59 bits per heavy atom. The molecular weight excluding hydrogens is 300 g/mol. The van der Waals surface area contributed by atoms with Crippen LogP contribution in [-0.4, -0.2) is 11.8 Å². The number of cyclic esters (lactones) is 1. The van der Waals surface area contributed by atoms with E-state index in [2.05, 4.69) is 0 Å². The highest BCUT2D eigenvalue weighted by Crippen LogP contribution is 2.39. The van der Waals surface area contributed by atoms with E-state index in [0.29, 0.717) is 16.1 Å². The SMILES string of the molecule is Cc1cc(Cl)cc(C)c1C1C(=O)OC(c2ccccc2)C1=O. The second-order valence-corrected chi connectivity index (χ2v) is 5.95. The Labute approximate surface area is 133 Å². The van der Waals surface area contributed by atoms with Crippen LogP contribution in [0.5, 0.6) is 0 Å². The molecule has 0 radical (unpaired) electrons. The van der Waals surface area contributed by atoms with E-state index in [9.17, 15) is 9.59 Å². The first-order chi connectivity index (χ1) is 10.5. The molecule has 1 heterocycles. The third kappa shape index (κ3) is 2.42. The highest BCUT2D eigenvalue weighted by atomic mass is 35.5. The van der Waals surface area contributed by atoms with E-state index in [1.54, 1.807) is 24.3 Å². The lowest BCUT2D eigenvalue weighted by molar-refractivity contribution is -0.143. The van der Waals surface area contributed by atoms with Crippen LogP contribution in [0.15, 0.2) is 42.5 Å². The Kier molecular flexibility index (Phi) is 3.75. The number of carbonyl (C=O) groups is 2. The lowest BCUT2D eigenvalue weighted by Crippen LogP contribution is -2.17. The standard InChI is InChI=1S/C18H15ClO3/c1-10-8-13(19)9-11(2)14(10)15-16(20)17(22-18(15)21)12-6-4-3-5-7-12/h3-9,15,17H,1-2H3. The van der Waals surface area contributed by atoms with Gasteiger partial charge in [-0.05, 0) is 42.7 Å². The fourth-order valence-corrected chi connectivity index (χ4v) is 3.33. The number of esters is 1. The van der Waals surface area contributed by atoms with Gasteiger partial charge in [0.2, 0.25) is 0 Å². The first-order valence-corrected chi connectivity index (χ1v) is 7.42.